The van der Waals surface area contributed by atoms with E-state index in [2.05, 4.69) is 4.74 Å². The molecular formula is C11H12FNO6S. The Labute approximate surface area is 114 Å². The van der Waals surface area contributed by atoms with E-state index < -0.39 is 44.3 Å². The predicted molar refractivity (Wildman–Crippen MR) is 65.2 cm³/mol. The smallest absolute Gasteiger partial charge is 0.339 e. The molecule has 20 heavy (non-hydrogen) atoms. The molecule has 0 aliphatic rings. The fourth-order valence-corrected chi connectivity index (χ4v) is 2.72. The van der Waals surface area contributed by atoms with Crippen LogP contribution in [0.15, 0.2) is 23.1 Å². The van der Waals surface area contributed by atoms with Crippen LogP contribution in [0.4, 0.5) is 4.39 Å². The van der Waals surface area contributed by atoms with Gasteiger partial charge in [-0.15, -0.1) is 0 Å². The number of carboxylic acids is 1. The van der Waals surface area contributed by atoms with Crippen LogP contribution in [0.1, 0.15) is 17.3 Å². The van der Waals surface area contributed by atoms with Gasteiger partial charge in [-0.1, -0.05) is 0 Å². The fourth-order valence-electron chi connectivity index (χ4n) is 1.35. The summed E-state index contributed by atoms with van der Waals surface area (Å²) in [5, 5.41) is 8.68. The van der Waals surface area contributed by atoms with Gasteiger partial charge in [0.15, 0.2) is 0 Å². The minimum Gasteiger partial charge on any atom is -0.480 e. The van der Waals surface area contributed by atoms with E-state index in [1.54, 1.807) is 0 Å². The van der Waals surface area contributed by atoms with Crippen molar-refractivity contribution in [1.29, 1.82) is 0 Å². The van der Waals surface area contributed by atoms with E-state index in [1.165, 1.54) is 0 Å². The van der Waals surface area contributed by atoms with Gasteiger partial charge in [-0.3, -0.25) is 4.79 Å². The first-order chi connectivity index (χ1) is 9.19. The molecule has 0 aliphatic carbocycles. The molecule has 1 aromatic rings. The number of rotatable bonds is 5. The summed E-state index contributed by atoms with van der Waals surface area (Å²) in [7, 11) is -3.29. The topological polar surface area (TPSA) is 110 Å². The second kappa shape index (κ2) is 5.97. The van der Waals surface area contributed by atoms with E-state index in [0.29, 0.717) is 6.07 Å². The third-order valence-electron chi connectivity index (χ3n) is 2.34. The van der Waals surface area contributed by atoms with Crippen molar-refractivity contribution in [2.45, 2.75) is 17.9 Å². The van der Waals surface area contributed by atoms with Crippen LogP contribution in [0.3, 0.4) is 0 Å². The Hall–Kier alpha value is -2.00. The van der Waals surface area contributed by atoms with E-state index in [-0.39, 0.29) is 0 Å². The number of hydrogen-bond donors (Lipinski definition) is 2. The van der Waals surface area contributed by atoms with Gasteiger partial charge in [0.25, 0.3) is 0 Å². The molecule has 0 amide bonds. The van der Waals surface area contributed by atoms with Crippen LogP contribution in [0.25, 0.3) is 0 Å². The van der Waals surface area contributed by atoms with E-state index in [4.69, 9.17) is 5.11 Å². The predicted octanol–water partition coefficient (Wildman–Crippen LogP) is 0.364. The lowest BCUT2D eigenvalue weighted by Crippen LogP contribution is -2.38. The number of aliphatic carboxylic acids is 1. The van der Waals surface area contributed by atoms with Gasteiger partial charge < -0.3 is 9.84 Å². The molecule has 0 aliphatic heterocycles. The van der Waals surface area contributed by atoms with Crippen LogP contribution < -0.4 is 4.72 Å². The van der Waals surface area contributed by atoms with Gasteiger partial charge in [-0.2, -0.15) is 4.72 Å². The maximum Gasteiger partial charge on any atom is 0.339 e. The molecule has 1 rings (SSSR count). The zero-order valence-electron chi connectivity index (χ0n) is 10.6. The van der Waals surface area contributed by atoms with Crippen molar-refractivity contribution in [3.8, 4) is 0 Å². The maximum absolute atomic E-state index is 13.1. The molecule has 7 nitrogen and oxygen atoms in total. The number of carboxylic acid groups (broad SMARTS) is 1. The number of esters is 1. The molecule has 0 fully saturated rings. The largest absolute Gasteiger partial charge is 0.480 e. The molecule has 0 saturated carbocycles. The summed E-state index contributed by atoms with van der Waals surface area (Å²) >= 11 is 0. The number of hydrogen-bond acceptors (Lipinski definition) is 5. The zero-order valence-corrected chi connectivity index (χ0v) is 11.4. The molecule has 0 bridgehead atoms. The van der Waals surface area contributed by atoms with Gasteiger partial charge in [0.05, 0.1) is 17.6 Å². The molecule has 0 radical (unpaired) electrons. The monoisotopic (exact) mass is 305 g/mol. The van der Waals surface area contributed by atoms with Crippen LogP contribution in [0.5, 0.6) is 0 Å². The Balaban J connectivity index is 3.31. The second-order valence-electron chi connectivity index (χ2n) is 3.81. The number of benzene rings is 1. The molecule has 1 atom stereocenters. The molecule has 0 spiro atoms. The Bertz CT molecular complexity index is 642. The quantitative estimate of drug-likeness (QED) is 0.760. The van der Waals surface area contributed by atoms with Crippen LogP contribution >= 0.6 is 0 Å². The van der Waals surface area contributed by atoms with E-state index >= 15 is 0 Å². The summed E-state index contributed by atoms with van der Waals surface area (Å²) in [5.41, 5.74) is -0.516. The summed E-state index contributed by atoms with van der Waals surface area (Å²) in [4.78, 5) is 21.6. The van der Waals surface area contributed by atoms with Crippen LogP contribution in [-0.4, -0.2) is 38.6 Å². The summed E-state index contributed by atoms with van der Waals surface area (Å²) in [6.07, 6.45) is 0. The zero-order chi connectivity index (χ0) is 15.5. The van der Waals surface area contributed by atoms with Crippen molar-refractivity contribution < 1.29 is 32.2 Å². The highest BCUT2D eigenvalue weighted by Gasteiger charge is 2.27. The number of methoxy groups -OCH3 is 1. The van der Waals surface area contributed by atoms with Gasteiger partial charge in [0, 0.05) is 0 Å². The molecule has 0 saturated heterocycles. The van der Waals surface area contributed by atoms with Gasteiger partial charge in [-0.05, 0) is 25.1 Å². The Kier molecular flexibility index (Phi) is 4.79. The van der Waals surface area contributed by atoms with Gasteiger partial charge in [0.2, 0.25) is 10.0 Å². The van der Waals surface area contributed by atoms with Crippen molar-refractivity contribution in [1.82, 2.24) is 4.72 Å². The summed E-state index contributed by atoms with van der Waals surface area (Å²) in [5.74, 6) is -3.27. The van der Waals surface area contributed by atoms with Gasteiger partial charge in [0.1, 0.15) is 11.9 Å². The van der Waals surface area contributed by atoms with Gasteiger partial charge >= 0.3 is 11.9 Å². The lowest BCUT2D eigenvalue weighted by atomic mass is 10.2. The van der Waals surface area contributed by atoms with Crippen LogP contribution in [-0.2, 0) is 19.6 Å². The molecule has 9 heteroatoms. The molecule has 110 valence electrons. The van der Waals surface area contributed by atoms with Crippen LogP contribution in [0.2, 0.25) is 0 Å². The molecular weight excluding hydrogens is 293 g/mol. The molecule has 0 unspecified atom stereocenters. The number of ether oxygens (including phenoxy) is 1. The Morgan fingerprint density at radius 1 is 1.40 bits per heavy atom. The molecule has 2 N–H and O–H groups in total. The van der Waals surface area contributed by atoms with Crippen molar-refractivity contribution in [2.75, 3.05) is 7.11 Å². The highest BCUT2D eigenvalue weighted by molar-refractivity contribution is 7.89. The summed E-state index contributed by atoms with van der Waals surface area (Å²) in [6, 6.07) is 0.993. The fraction of sp³-hybridized carbons (Fsp3) is 0.273. The number of carbonyl (C=O) groups is 2. The minimum atomic E-state index is -4.31. The van der Waals surface area contributed by atoms with Crippen molar-refractivity contribution >= 4 is 22.0 Å². The minimum absolute atomic E-state index is 0.516. The lowest BCUT2D eigenvalue weighted by Gasteiger charge is -2.12. The third-order valence-corrected chi connectivity index (χ3v) is 3.94. The first kappa shape index (κ1) is 16.1. The van der Waals surface area contributed by atoms with Crippen molar-refractivity contribution in [3.63, 3.8) is 0 Å². The number of nitrogens with one attached hydrogen (secondary N) is 1. The van der Waals surface area contributed by atoms with Gasteiger partial charge in [-0.25, -0.2) is 17.6 Å². The average Bonchev–Trinajstić information content (AvgIpc) is 2.36. The number of carbonyl (C=O) groups excluding carboxylic acids is 1. The Morgan fingerprint density at radius 3 is 2.50 bits per heavy atom. The first-order valence-electron chi connectivity index (χ1n) is 5.32. The van der Waals surface area contributed by atoms with E-state index in [1.807, 2.05) is 4.72 Å². The van der Waals surface area contributed by atoms with Crippen molar-refractivity contribution in [3.05, 3.63) is 29.6 Å². The molecule has 1 aromatic carbocycles. The van der Waals surface area contributed by atoms with E-state index in [0.717, 1.165) is 26.2 Å². The highest BCUT2D eigenvalue weighted by atomic mass is 32.2. The SMILES string of the molecule is COC(=O)c1cc(F)ccc1S(=O)(=O)N[C@@H](C)C(=O)O. The summed E-state index contributed by atoms with van der Waals surface area (Å²) in [6.45, 7) is 1.11. The summed E-state index contributed by atoms with van der Waals surface area (Å²) < 4.78 is 43.3. The first-order valence-corrected chi connectivity index (χ1v) is 6.80. The standard InChI is InChI=1S/C11H12FNO6S/c1-6(10(14)15)13-20(17,18)9-4-3-7(12)5-8(9)11(16)19-2/h3-6,13H,1-2H3,(H,14,15)/t6-/m0/s1. The second-order valence-corrected chi connectivity index (χ2v) is 5.50. The number of halogens is 1. The normalized spacial score (nSPS) is 12.8. The third kappa shape index (κ3) is 3.52. The molecule has 0 aromatic heterocycles. The number of sulfonamides is 1. The Morgan fingerprint density at radius 2 is 2.00 bits per heavy atom. The van der Waals surface area contributed by atoms with Crippen molar-refractivity contribution in [2.24, 2.45) is 0 Å². The van der Waals surface area contributed by atoms with Crippen LogP contribution in [0, 0.1) is 5.82 Å². The van der Waals surface area contributed by atoms with E-state index in [9.17, 15) is 22.4 Å². The molecule has 0 heterocycles. The maximum atomic E-state index is 13.1. The average molecular weight is 305 g/mol. The lowest BCUT2D eigenvalue weighted by molar-refractivity contribution is -0.138. The highest BCUT2D eigenvalue weighted by Crippen LogP contribution is 2.18.